The molecular formula is C14H25N3O. The number of hydrogen-bond donors (Lipinski definition) is 1. The maximum Gasteiger partial charge on any atom is 0.203 e. The van der Waals surface area contributed by atoms with Crippen molar-refractivity contribution in [1.29, 1.82) is 0 Å². The SMILES string of the molecule is COCC(C(C)C)n1ccnc1NC1CCCC1. The second-order valence-electron chi connectivity index (χ2n) is 5.55. The summed E-state index contributed by atoms with van der Waals surface area (Å²) in [7, 11) is 1.76. The molecule has 1 atom stereocenters. The predicted molar refractivity (Wildman–Crippen MR) is 73.9 cm³/mol. The molecule has 1 aromatic rings. The van der Waals surface area contributed by atoms with Crippen molar-refractivity contribution in [3.8, 4) is 0 Å². The molecule has 0 aromatic carbocycles. The van der Waals surface area contributed by atoms with Crippen LogP contribution in [-0.4, -0.2) is 29.3 Å². The molecule has 0 aliphatic heterocycles. The molecule has 1 fully saturated rings. The van der Waals surface area contributed by atoms with Gasteiger partial charge in [0.15, 0.2) is 0 Å². The highest BCUT2D eigenvalue weighted by atomic mass is 16.5. The van der Waals surface area contributed by atoms with E-state index in [9.17, 15) is 0 Å². The first-order valence-corrected chi connectivity index (χ1v) is 7.00. The zero-order chi connectivity index (χ0) is 13.0. The number of aromatic nitrogens is 2. The number of imidazole rings is 1. The topological polar surface area (TPSA) is 39.1 Å². The van der Waals surface area contributed by atoms with Gasteiger partial charge in [-0.2, -0.15) is 0 Å². The number of nitrogens with zero attached hydrogens (tertiary/aromatic N) is 2. The quantitative estimate of drug-likeness (QED) is 0.844. The monoisotopic (exact) mass is 251 g/mol. The molecule has 0 amide bonds. The molecule has 18 heavy (non-hydrogen) atoms. The highest BCUT2D eigenvalue weighted by molar-refractivity contribution is 5.29. The van der Waals surface area contributed by atoms with Crippen LogP contribution in [0.4, 0.5) is 5.95 Å². The molecule has 102 valence electrons. The van der Waals surface area contributed by atoms with E-state index in [0.29, 0.717) is 18.0 Å². The summed E-state index contributed by atoms with van der Waals surface area (Å²) in [6.07, 6.45) is 9.14. The Balaban J connectivity index is 2.09. The molecule has 1 unspecified atom stereocenters. The fourth-order valence-corrected chi connectivity index (χ4v) is 2.71. The van der Waals surface area contributed by atoms with Crippen LogP contribution >= 0.6 is 0 Å². The van der Waals surface area contributed by atoms with Gasteiger partial charge >= 0.3 is 0 Å². The van der Waals surface area contributed by atoms with E-state index < -0.39 is 0 Å². The minimum absolute atomic E-state index is 0.349. The van der Waals surface area contributed by atoms with Crippen LogP contribution in [0.3, 0.4) is 0 Å². The van der Waals surface area contributed by atoms with Gasteiger partial charge in [-0.05, 0) is 18.8 Å². The zero-order valence-electron chi connectivity index (χ0n) is 11.7. The maximum atomic E-state index is 5.34. The van der Waals surface area contributed by atoms with E-state index in [0.717, 1.165) is 12.6 Å². The van der Waals surface area contributed by atoms with E-state index in [1.165, 1.54) is 25.7 Å². The van der Waals surface area contributed by atoms with Gasteiger partial charge in [0, 0.05) is 25.5 Å². The van der Waals surface area contributed by atoms with Crippen molar-refractivity contribution in [2.24, 2.45) is 5.92 Å². The van der Waals surface area contributed by atoms with E-state index in [-0.39, 0.29) is 0 Å². The Morgan fingerprint density at radius 1 is 1.44 bits per heavy atom. The molecule has 1 aromatic heterocycles. The van der Waals surface area contributed by atoms with E-state index in [1.54, 1.807) is 7.11 Å². The number of ether oxygens (including phenoxy) is 1. The first-order valence-electron chi connectivity index (χ1n) is 7.00. The van der Waals surface area contributed by atoms with Gasteiger partial charge in [0.25, 0.3) is 0 Å². The molecule has 1 N–H and O–H groups in total. The van der Waals surface area contributed by atoms with Crippen LogP contribution in [0.15, 0.2) is 12.4 Å². The smallest absolute Gasteiger partial charge is 0.203 e. The summed E-state index contributed by atoms with van der Waals surface area (Å²) in [5.74, 6) is 1.53. The average Bonchev–Trinajstić information content (AvgIpc) is 2.98. The second kappa shape index (κ2) is 6.23. The minimum Gasteiger partial charge on any atom is -0.383 e. The fourth-order valence-electron chi connectivity index (χ4n) is 2.71. The fraction of sp³-hybridized carbons (Fsp3) is 0.786. The molecule has 1 aliphatic rings. The van der Waals surface area contributed by atoms with Crippen molar-refractivity contribution >= 4 is 5.95 Å². The molecule has 1 aliphatic carbocycles. The standard InChI is InChI=1S/C14H25N3O/c1-11(2)13(10-18-3)17-9-8-15-14(17)16-12-6-4-5-7-12/h8-9,11-13H,4-7,10H2,1-3H3,(H,15,16). The Hall–Kier alpha value is -1.03. The molecule has 4 nitrogen and oxygen atoms in total. The van der Waals surface area contributed by atoms with Gasteiger partial charge in [-0.1, -0.05) is 26.7 Å². The predicted octanol–water partition coefficient (Wildman–Crippen LogP) is 3.08. The van der Waals surface area contributed by atoms with Crippen LogP contribution in [0.1, 0.15) is 45.6 Å². The third-order valence-corrected chi connectivity index (χ3v) is 3.82. The Labute approximate surface area is 110 Å². The van der Waals surface area contributed by atoms with Crippen molar-refractivity contribution in [1.82, 2.24) is 9.55 Å². The molecule has 1 heterocycles. The van der Waals surface area contributed by atoms with Gasteiger partial charge in [0.05, 0.1) is 12.6 Å². The molecule has 0 saturated heterocycles. The molecule has 2 rings (SSSR count). The molecule has 0 radical (unpaired) electrons. The summed E-state index contributed by atoms with van der Waals surface area (Å²) in [6.45, 7) is 5.18. The Morgan fingerprint density at radius 3 is 2.78 bits per heavy atom. The third-order valence-electron chi connectivity index (χ3n) is 3.82. The molecular weight excluding hydrogens is 226 g/mol. The van der Waals surface area contributed by atoms with E-state index in [4.69, 9.17) is 4.74 Å². The largest absolute Gasteiger partial charge is 0.383 e. The van der Waals surface area contributed by atoms with E-state index >= 15 is 0 Å². The van der Waals surface area contributed by atoms with Crippen LogP contribution < -0.4 is 5.32 Å². The third kappa shape index (κ3) is 3.05. The summed E-state index contributed by atoms with van der Waals surface area (Å²) in [5, 5.41) is 3.58. The normalized spacial score (nSPS) is 18.4. The lowest BCUT2D eigenvalue weighted by molar-refractivity contribution is 0.134. The van der Waals surface area contributed by atoms with Gasteiger partial charge in [-0.25, -0.2) is 4.98 Å². The van der Waals surface area contributed by atoms with Crippen molar-refractivity contribution in [2.75, 3.05) is 19.0 Å². The lowest BCUT2D eigenvalue weighted by Gasteiger charge is -2.25. The van der Waals surface area contributed by atoms with E-state index in [2.05, 4.69) is 34.9 Å². The van der Waals surface area contributed by atoms with Crippen molar-refractivity contribution in [3.05, 3.63) is 12.4 Å². The number of hydrogen-bond acceptors (Lipinski definition) is 3. The van der Waals surface area contributed by atoms with Crippen molar-refractivity contribution in [2.45, 2.75) is 51.6 Å². The minimum atomic E-state index is 0.349. The summed E-state index contributed by atoms with van der Waals surface area (Å²) >= 11 is 0. The average molecular weight is 251 g/mol. The van der Waals surface area contributed by atoms with Crippen LogP contribution in [0.25, 0.3) is 0 Å². The number of nitrogens with one attached hydrogen (secondary N) is 1. The van der Waals surface area contributed by atoms with Crippen molar-refractivity contribution in [3.63, 3.8) is 0 Å². The lowest BCUT2D eigenvalue weighted by atomic mass is 10.1. The maximum absolute atomic E-state index is 5.34. The zero-order valence-corrected chi connectivity index (χ0v) is 11.7. The molecule has 0 spiro atoms. The van der Waals surface area contributed by atoms with Crippen LogP contribution in [0, 0.1) is 5.92 Å². The first kappa shape index (κ1) is 13.4. The summed E-state index contributed by atoms with van der Waals surface area (Å²) in [4.78, 5) is 4.46. The highest BCUT2D eigenvalue weighted by Crippen LogP contribution is 2.25. The summed E-state index contributed by atoms with van der Waals surface area (Å²) in [6, 6.07) is 0.947. The molecule has 1 saturated carbocycles. The lowest BCUT2D eigenvalue weighted by Crippen LogP contribution is -2.24. The van der Waals surface area contributed by atoms with Crippen molar-refractivity contribution < 1.29 is 4.74 Å². The number of anilines is 1. The molecule has 0 bridgehead atoms. The Bertz CT molecular complexity index is 356. The van der Waals surface area contributed by atoms with Gasteiger partial charge in [0.1, 0.15) is 0 Å². The van der Waals surface area contributed by atoms with Crippen LogP contribution in [-0.2, 0) is 4.74 Å². The van der Waals surface area contributed by atoms with Gasteiger partial charge in [-0.3, -0.25) is 0 Å². The van der Waals surface area contributed by atoms with Crippen LogP contribution in [0.5, 0.6) is 0 Å². The van der Waals surface area contributed by atoms with Crippen LogP contribution in [0.2, 0.25) is 0 Å². The summed E-state index contributed by atoms with van der Waals surface area (Å²) < 4.78 is 7.57. The number of methoxy groups -OCH3 is 1. The Kier molecular flexibility index (Phi) is 4.64. The molecule has 4 heteroatoms. The van der Waals surface area contributed by atoms with Gasteiger partial charge in [-0.15, -0.1) is 0 Å². The first-order chi connectivity index (χ1) is 8.72. The second-order valence-corrected chi connectivity index (χ2v) is 5.55. The number of rotatable bonds is 6. The van der Waals surface area contributed by atoms with Gasteiger partial charge in [0.2, 0.25) is 5.95 Å². The summed E-state index contributed by atoms with van der Waals surface area (Å²) in [5.41, 5.74) is 0. The van der Waals surface area contributed by atoms with Gasteiger partial charge < -0.3 is 14.6 Å². The highest BCUT2D eigenvalue weighted by Gasteiger charge is 2.21. The van der Waals surface area contributed by atoms with E-state index in [1.807, 2.05) is 6.20 Å². The Morgan fingerprint density at radius 2 is 2.17 bits per heavy atom.